The molecule has 0 radical (unpaired) electrons. The second-order valence-electron chi connectivity index (χ2n) is 8.07. The molecule has 172 valence electrons. The highest BCUT2D eigenvalue weighted by atomic mass is 16.5. The van der Waals surface area contributed by atoms with Crippen molar-refractivity contribution in [1.82, 2.24) is 19.8 Å². The van der Waals surface area contributed by atoms with Crippen LogP contribution < -0.4 is 10.6 Å². The Morgan fingerprint density at radius 2 is 1.85 bits per heavy atom. The minimum Gasteiger partial charge on any atom is -0.379 e. The summed E-state index contributed by atoms with van der Waals surface area (Å²) in [7, 11) is 0. The number of nitrogens with zero attached hydrogens (tertiary/aromatic N) is 3. The van der Waals surface area contributed by atoms with Gasteiger partial charge in [-0.25, -0.2) is 4.98 Å². The lowest BCUT2D eigenvalue weighted by atomic mass is 10.1. The van der Waals surface area contributed by atoms with E-state index in [1.54, 1.807) is 12.5 Å². The van der Waals surface area contributed by atoms with Gasteiger partial charge in [-0.1, -0.05) is 24.3 Å². The van der Waals surface area contributed by atoms with Gasteiger partial charge in [0.2, 0.25) is 5.91 Å². The van der Waals surface area contributed by atoms with Crippen LogP contribution in [0.5, 0.6) is 0 Å². The quantitative estimate of drug-likeness (QED) is 0.526. The standard InChI is InChI=1S/C25H29N5O3/c31-24(8-10-29-12-14-33-15-13-29)28-23-3-1-2-21(16-23)17-27-25(32)22-6-4-20(5-7-22)18-30-11-9-26-19-30/h1-7,9,11,16,19H,8,10,12-15,17-18H2,(H,27,32)(H,28,31). The predicted octanol–water partition coefficient (Wildman–Crippen LogP) is 2.52. The van der Waals surface area contributed by atoms with Gasteiger partial charge in [0.05, 0.1) is 19.5 Å². The molecule has 0 aliphatic carbocycles. The van der Waals surface area contributed by atoms with Crippen LogP contribution in [0.4, 0.5) is 5.69 Å². The maximum atomic E-state index is 12.5. The minimum absolute atomic E-state index is 0.0153. The van der Waals surface area contributed by atoms with Crippen LogP contribution in [0.3, 0.4) is 0 Å². The summed E-state index contributed by atoms with van der Waals surface area (Å²) in [6, 6.07) is 15.1. The number of aromatic nitrogens is 2. The second-order valence-corrected chi connectivity index (χ2v) is 8.07. The van der Waals surface area contributed by atoms with Crippen LogP contribution in [0.2, 0.25) is 0 Å². The minimum atomic E-state index is -0.135. The second kappa shape index (κ2) is 11.4. The molecule has 0 saturated carbocycles. The Balaban J connectivity index is 1.24. The fourth-order valence-corrected chi connectivity index (χ4v) is 3.70. The number of carbonyl (C=O) groups excluding carboxylic acids is 2. The van der Waals surface area contributed by atoms with Gasteiger partial charge in [-0.3, -0.25) is 14.5 Å². The van der Waals surface area contributed by atoms with Crippen LogP contribution in [0.25, 0.3) is 0 Å². The summed E-state index contributed by atoms with van der Waals surface area (Å²) in [5.74, 6) is -0.150. The Labute approximate surface area is 193 Å². The van der Waals surface area contributed by atoms with E-state index in [0.29, 0.717) is 25.1 Å². The lowest BCUT2D eigenvalue weighted by Gasteiger charge is -2.26. The van der Waals surface area contributed by atoms with Crippen molar-refractivity contribution in [1.29, 1.82) is 0 Å². The molecule has 0 atom stereocenters. The summed E-state index contributed by atoms with van der Waals surface area (Å²) in [6.45, 7) is 5.02. The van der Waals surface area contributed by atoms with Crippen LogP contribution in [0, 0.1) is 0 Å². The SMILES string of the molecule is O=C(CCN1CCOCC1)Nc1cccc(CNC(=O)c2ccc(Cn3ccnc3)cc2)c1. The number of ether oxygens (including phenoxy) is 1. The van der Waals surface area contributed by atoms with Crippen molar-refractivity contribution in [3.63, 3.8) is 0 Å². The van der Waals surface area contributed by atoms with Gasteiger partial charge in [0.15, 0.2) is 0 Å². The molecule has 2 aromatic carbocycles. The highest BCUT2D eigenvalue weighted by Crippen LogP contribution is 2.12. The smallest absolute Gasteiger partial charge is 0.251 e. The zero-order valence-electron chi connectivity index (χ0n) is 18.6. The molecule has 0 unspecified atom stereocenters. The van der Waals surface area contributed by atoms with Crippen LogP contribution >= 0.6 is 0 Å². The first-order valence-electron chi connectivity index (χ1n) is 11.2. The molecule has 33 heavy (non-hydrogen) atoms. The molecule has 1 fully saturated rings. The molecule has 0 bridgehead atoms. The highest BCUT2D eigenvalue weighted by molar-refractivity contribution is 5.94. The average molecular weight is 448 g/mol. The topological polar surface area (TPSA) is 88.5 Å². The number of imidazole rings is 1. The molecule has 1 aliphatic heterocycles. The van der Waals surface area contributed by atoms with E-state index in [0.717, 1.165) is 49.7 Å². The molecule has 8 nitrogen and oxygen atoms in total. The average Bonchev–Trinajstić information content (AvgIpc) is 3.36. The van der Waals surface area contributed by atoms with Crippen molar-refractivity contribution in [3.05, 3.63) is 83.9 Å². The van der Waals surface area contributed by atoms with Crippen LogP contribution in [0.1, 0.15) is 27.9 Å². The van der Waals surface area contributed by atoms with E-state index >= 15 is 0 Å². The zero-order valence-corrected chi connectivity index (χ0v) is 18.6. The molecule has 2 heterocycles. The van der Waals surface area contributed by atoms with Gasteiger partial charge in [-0.2, -0.15) is 0 Å². The van der Waals surface area contributed by atoms with Gasteiger partial charge in [-0.05, 0) is 35.4 Å². The Bertz CT molecular complexity index is 1040. The molecule has 1 aliphatic rings. The van der Waals surface area contributed by atoms with Crippen molar-refractivity contribution < 1.29 is 14.3 Å². The summed E-state index contributed by atoms with van der Waals surface area (Å²) in [5, 5.41) is 5.89. The summed E-state index contributed by atoms with van der Waals surface area (Å²) in [6.07, 6.45) is 5.86. The van der Waals surface area contributed by atoms with E-state index in [2.05, 4.69) is 20.5 Å². The third-order valence-electron chi connectivity index (χ3n) is 5.56. The first-order valence-corrected chi connectivity index (χ1v) is 11.2. The van der Waals surface area contributed by atoms with Gasteiger partial charge >= 0.3 is 0 Å². The number of morpholine rings is 1. The van der Waals surface area contributed by atoms with E-state index in [-0.39, 0.29) is 11.8 Å². The molecular weight excluding hydrogens is 418 g/mol. The zero-order chi connectivity index (χ0) is 22.9. The Kier molecular flexibility index (Phi) is 7.84. The number of hydrogen-bond donors (Lipinski definition) is 2. The van der Waals surface area contributed by atoms with Crippen molar-refractivity contribution in [2.24, 2.45) is 0 Å². The monoisotopic (exact) mass is 447 g/mol. The number of anilines is 1. The molecule has 0 spiro atoms. The first kappa shape index (κ1) is 22.7. The predicted molar refractivity (Wildman–Crippen MR) is 126 cm³/mol. The highest BCUT2D eigenvalue weighted by Gasteiger charge is 2.12. The fraction of sp³-hybridized carbons (Fsp3) is 0.320. The van der Waals surface area contributed by atoms with Gasteiger partial charge in [-0.15, -0.1) is 0 Å². The maximum absolute atomic E-state index is 12.5. The number of nitrogens with one attached hydrogen (secondary N) is 2. The van der Waals surface area contributed by atoms with E-state index in [4.69, 9.17) is 4.74 Å². The third-order valence-corrected chi connectivity index (χ3v) is 5.56. The molecular formula is C25H29N5O3. The Morgan fingerprint density at radius 1 is 1.03 bits per heavy atom. The number of amides is 2. The van der Waals surface area contributed by atoms with Gasteiger partial charge in [0.1, 0.15) is 0 Å². The molecule has 1 aromatic heterocycles. The molecule has 4 rings (SSSR count). The molecule has 1 saturated heterocycles. The largest absolute Gasteiger partial charge is 0.379 e. The molecule has 3 aromatic rings. The van der Waals surface area contributed by atoms with Crippen molar-refractivity contribution in [3.8, 4) is 0 Å². The van der Waals surface area contributed by atoms with Crippen LogP contribution in [0.15, 0.2) is 67.3 Å². The lowest BCUT2D eigenvalue weighted by Crippen LogP contribution is -2.38. The summed E-state index contributed by atoms with van der Waals surface area (Å²) in [4.78, 5) is 31.1. The van der Waals surface area contributed by atoms with E-state index in [1.807, 2.05) is 59.3 Å². The maximum Gasteiger partial charge on any atom is 0.251 e. The molecule has 2 N–H and O–H groups in total. The van der Waals surface area contributed by atoms with Crippen molar-refractivity contribution in [2.45, 2.75) is 19.5 Å². The van der Waals surface area contributed by atoms with Gasteiger partial charge < -0.3 is 19.9 Å². The summed E-state index contributed by atoms with van der Waals surface area (Å²) >= 11 is 0. The first-order chi connectivity index (χ1) is 16.2. The van der Waals surface area contributed by atoms with Gasteiger partial charge in [0.25, 0.3) is 5.91 Å². The summed E-state index contributed by atoms with van der Waals surface area (Å²) in [5.41, 5.74) is 3.36. The number of hydrogen-bond acceptors (Lipinski definition) is 5. The third kappa shape index (κ3) is 7.00. The van der Waals surface area contributed by atoms with Crippen molar-refractivity contribution >= 4 is 17.5 Å². The summed E-state index contributed by atoms with van der Waals surface area (Å²) < 4.78 is 7.31. The van der Waals surface area contributed by atoms with Gasteiger partial charge in [0, 0.05) is 62.8 Å². The van der Waals surface area contributed by atoms with Crippen LogP contribution in [-0.2, 0) is 22.6 Å². The fourth-order valence-electron chi connectivity index (χ4n) is 3.70. The van der Waals surface area contributed by atoms with E-state index in [1.165, 1.54) is 0 Å². The molecule has 2 amide bonds. The number of benzene rings is 2. The molecule has 8 heteroatoms. The Hall–Kier alpha value is -3.49. The number of rotatable bonds is 9. The number of carbonyl (C=O) groups is 2. The lowest BCUT2D eigenvalue weighted by molar-refractivity contribution is -0.116. The van der Waals surface area contributed by atoms with E-state index in [9.17, 15) is 9.59 Å². The van der Waals surface area contributed by atoms with Crippen LogP contribution in [-0.4, -0.2) is 59.1 Å². The normalized spacial score (nSPS) is 14.1. The Morgan fingerprint density at radius 3 is 2.61 bits per heavy atom. The van der Waals surface area contributed by atoms with E-state index < -0.39 is 0 Å². The van der Waals surface area contributed by atoms with Crippen molar-refractivity contribution in [2.75, 3.05) is 38.2 Å².